The summed E-state index contributed by atoms with van der Waals surface area (Å²) < 4.78 is 46.8. The van der Waals surface area contributed by atoms with Crippen LogP contribution in [0.1, 0.15) is 5.56 Å². The van der Waals surface area contributed by atoms with Gasteiger partial charge < -0.3 is 5.73 Å². The zero-order chi connectivity index (χ0) is 13.8. The summed E-state index contributed by atoms with van der Waals surface area (Å²) in [5, 5.41) is -0.887. The van der Waals surface area contributed by atoms with Crippen molar-refractivity contribution in [2.75, 3.05) is 23.6 Å². The largest absolute Gasteiger partial charge is 0.399 e. The molecule has 6 nitrogen and oxygen atoms in total. The Morgan fingerprint density at radius 1 is 1.11 bits per heavy atom. The molecule has 102 valence electrons. The molecule has 0 saturated heterocycles. The van der Waals surface area contributed by atoms with Crippen molar-refractivity contribution in [3.05, 3.63) is 29.8 Å². The average Bonchev–Trinajstić information content (AvgIpc) is 2.17. The van der Waals surface area contributed by atoms with Gasteiger partial charge in [-0.2, -0.15) is 0 Å². The molecule has 1 aromatic carbocycles. The van der Waals surface area contributed by atoms with Gasteiger partial charge in [0, 0.05) is 18.5 Å². The highest BCUT2D eigenvalue weighted by molar-refractivity contribution is 8.06. The van der Waals surface area contributed by atoms with Crippen molar-refractivity contribution in [2.24, 2.45) is 0 Å². The van der Waals surface area contributed by atoms with E-state index < -0.39 is 24.9 Å². The van der Waals surface area contributed by atoms with Gasteiger partial charge >= 0.3 is 0 Å². The monoisotopic (exact) mass is 292 g/mol. The number of nitrogens with one attached hydrogen (secondary N) is 1. The van der Waals surface area contributed by atoms with Crippen molar-refractivity contribution in [3.8, 4) is 0 Å². The van der Waals surface area contributed by atoms with Crippen LogP contribution in [0.4, 0.5) is 5.69 Å². The van der Waals surface area contributed by atoms with Gasteiger partial charge in [0.15, 0.2) is 14.9 Å². The summed E-state index contributed by atoms with van der Waals surface area (Å²) in [5.74, 6) is 0. The molecule has 0 fully saturated rings. The lowest BCUT2D eigenvalue weighted by atomic mass is 10.1. The van der Waals surface area contributed by atoms with Gasteiger partial charge in [-0.3, -0.25) is 0 Å². The zero-order valence-electron chi connectivity index (χ0n) is 9.96. The van der Waals surface area contributed by atoms with Gasteiger partial charge in [-0.1, -0.05) is 12.1 Å². The fourth-order valence-corrected chi connectivity index (χ4v) is 4.36. The van der Waals surface area contributed by atoms with E-state index in [0.29, 0.717) is 12.1 Å². The lowest BCUT2D eigenvalue weighted by molar-refractivity contribution is 0.581. The summed E-state index contributed by atoms with van der Waals surface area (Å²) in [6.45, 7) is 0.155. The quantitative estimate of drug-likeness (QED) is 0.702. The van der Waals surface area contributed by atoms with Crippen molar-refractivity contribution in [1.29, 1.82) is 0 Å². The summed E-state index contributed by atoms with van der Waals surface area (Å²) >= 11 is 0. The van der Waals surface area contributed by atoms with Gasteiger partial charge in [-0.05, 0) is 24.1 Å². The third kappa shape index (κ3) is 5.99. The van der Waals surface area contributed by atoms with Gasteiger partial charge in [-0.25, -0.2) is 21.6 Å². The standard InChI is InChI=1S/C10H16N2O4S2/c1-17(13,14)8-18(15,16)12-7-6-9-2-4-10(11)5-3-9/h2-5,12H,6-8,11H2,1H3. The summed E-state index contributed by atoms with van der Waals surface area (Å²) in [7, 11) is -7.33. The lowest BCUT2D eigenvalue weighted by Gasteiger charge is -2.06. The Hall–Kier alpha value is -1.12. The van der Waals surface area contributed by atoms with Gasteiger partial charge in [-0.15, -0.1) is 0 Å². The van der Waals surface area contributed by atoms with Crippen LogP contribution in [0, 0.1) is 0 Å². The van der Waals surface area contributed by atoms with E-state index >= 15 is 0 Å². The first kappa shape index (κ1) is 14.9. The van der Waals surface area contributed by atoms with Crippen molar-refractivity contribution in [1.82, 2.24) is 4.72 Å². The first-order chi connectivity index (χ1) is 8.18. The van der Waals surface area contributed by atoms with Crippen LogP contribution in [0.2, 0.25) is 0 Å². The van der Waals surface area contributed by atoms with Crippen LogP contribution in [0.15, 0.2) is 24.3 Å². The molecule has 3 N–H and O–H groups in total. The molecule has 0 aliphatic carbocycles. The molecule has 0 aliphatic heterocycles. The molecular weight excluding hydrogens is 276 g/mol. The maximum atomic E-state index is 11.4. The highest BCUT2D eigenvalue weighted by Crippen LogP contribution is 2.05. The maximum absolute atomic E-state index is 11.4. The Bertz CT molecular complexity index is 591. The SMILES string of the molecule is CS(=O)(=O)CS(=O)(=O)NCCc1ccc(N)cc1. The van der Waals surface area contributed by atoms with Crippen LogP contribution >= 0.6 is 0 Å². The number of nitrogen functional groups attached to an aromatic ring is 1. The fourth-order valence-electron chi connectivity index (χ4n) is 1.36. The van der Waals surface area contributed by atoms with Gasteiger partial charge in [0.2, 0.25) is 10.0 Å². The van der Waals surface area contributed by atoms with Gasteiger partial charge in [0.25, 0.3) is 0 Å². The summed E-state index contributed by atoms with van der Waals surface area (Å²) in [6.07, 6.45) is 1.36. The number of hydrogen-bond acceptors (Lipinski definition) is 5. The minimum absolute atomic E-state index is 0.155. The number of rotatable bonds is 6. The molecule has 0 unspecified atom stereocenters. The number of nitrogens with two attached hydrogens (primary N) is 1. The summed E-state index contributed by atoms with van der Waals surface area (Å²) in [4.78, 5) is 0. The van der Waals surface area contributed by atoms with Crippen molar-refractivity contribution in [2.45, 2.75) is 6.42 Å². The van der Waals surface area contributed by atoms with Crippen LogP contribution in [0.5, 0.6) is 0 Å². The lowest BCUT2D eigenvalue weighted by Crippen LogP contribution is -2.31. The van der Waals surface area contributed by atoms with E-state index in [2.05, 4.69) is 4.72 Å². The molecule has 1 aromatic rings. The van der Waals surface area contributed by atoms with E-state index in [1.807, 2.05) is 0 Å². The van der Waals surface area contributed by atoms with E-state index in [-0.39, 0.29) is 6.54 Å². The molecule has 0 aromatic heterocycles. The predicted octanol–water partition coefficient (Wildman–Crippen LogP) is -0.267. The normalized spacial score (nSPS) is 12.5. The molecule has 0 aliphatic rings. The van der Waals surface area contributed by atoms with E-state index in [9.17, 15) is 16.8 Å². The second kappa shape index (κ2) is 5.68. The molecule has 0 bridgehead atoms. The fraction of sp³-hybridized carbons (Fsp3) is 0.400. The second-order valence-corrected chi connectivity index (χ2v) is 8.36. The van der Waals surface area contributed by atoms with E-state index in [0.717, 1.165) is 11.8 Å². The molecule has 0 amide bonds. The van der Waals surface area contributed by atoms with Crippen molar-refractivity contribution >= 4 is 25.5 Å². The first-order valence-electron chi connectivity index (χ1n) is 5.17. The van der Waals surface area contributed by atoms with Crippen LogP contribution in [-0.4, -0.2) is 34.7 Å². The summed E-state index contributed by atoms with van der Waals surface area (Å²) in [5.41, 5.74) is 7.07. The molecule has 0 radical (unpaired) electrons. The van der Waals surface area contributed by atoms with Crippen molar-refractivity contribution in [3.63, 3.8) is 0 Å². The number of sulfone groups is 1. The molecule has 0 atom stereocenters. The van der Waals surface area contributed by atoms with Crippen LogP contribution in [-0.2, 0) is 26.3 Å². The molecule has 0 saturated carbocycles. The smallest absolute Gasteiger partial charge is 0.226 e. The Labute approximate surface area is 107 Å². The Balaban J connectivity index is 2.49. The van der Waals surface area contributed by atoms with Crippen LogP contribution < -0.4 is 10.5 Å². The first-order valence-corrected chi connectivity index (χ1v) is 8.89. The van der Waals surface area contributed by atoms with E-state index in [1.54, 1.807) is 24.3 Å². The Morgan fingerprint density at radius 2 is 1.67 bits per heavy atom. The number of hydrogen-bond donors (Lipinski definition) is 2. The topological polar surface area (TPSA) is 106 Å². The third-order valence-corrected chi connectivity index (χ3v) is 5.68. The molecular formula is C10H16N2O4S2. The van der Waals surface area contributed by atoms with E-state index in [1.165, 1.54) is 0 Å². The van der Waals surface area contributed by atoms with Gasteiger partial charge in [0.1, 0.15) is 0 Å². The zero-order valence-corrected chi connectivity index (χ0v) is 11.6. The predicted molar refractivity (Wildman–Crippen MR) is 71.2 cm³/mol. The third-order valence-electron chi connectivity index (χ3n) is 2.08. The minimum Gasteiger partial charge on any atom is -0.399 e. The number of sulfonamides is 1. The second-order valence-electron chi connectivity index (χ2n) is 4.04. The maximum Gasteiger partial charge on any atom is 0.226 e. The van der Waals surface area contributed by atoms with Crippen molar-refractivity contribution < 1.29 is 16.8 Å². The van der Waals surface area contributed by atoms with Crippen LogP contribution in [0.25, 0.3) is 0 Å². The van der Waals surface area contributed by atoms with Crippen LogP contribution in [0.3, 0.4) is 0 Å². The molecule has 8 heteroatoms. The number of benzene rings is 1. The molecule has 0 heterocycles. The van der Waals surface area contributed by atoms with Gasteiger partial charge in [0.05, 0.1) is 0 Å². The molecule has 0 spiro atoms. The highest BCUT2D eigenvalue weighted by atomic mass is 32.3. The Morgan fingerprint density at radius 3 is 2.17 bits per heavy atom. The van der Waals surface area contributed by atoms with E-state index in [4.69, 9.17) is 5.73 Å². The minimum atomic E-state index is -3.78. The average molecular weight is 292 g/mol. The number of anilines is 1. The molecule has 18 heavy (non-hydrogen) atoms. The highest BCUT2D eigenvalue weighted by Gasteiger charge is 2.17. The Kier molecular flexibility index (Phi) is 4.71. The summed E-state index contributed by atoms with van der Waals surface area (Å²) in [6, 6.07) is 7.03. The molecule has 1 rings (SSSR count).